The van der Waals surface area contributed by atoms with Crippen molar-refractivity contribution in [3.63, 3.8) is 0 Å². The van der Waals surface area contributed by atoms with Crippen LogP contribution in [0, 0.1) is 11.3 Å². The number of hydrogen-bond acceptors (Lipinski definition) is 6. The van der Waals surface area contributed by atoms with Crippen molar-refractivity contribution >= 4 is 5.82 Å². The lowest BCUT2D eigenvalue weighted by molar-refractivity contribution is 0.397. The molecular weight excluding hydrogens is 304 g/mol. The van der Waals surface area contributed by atoms with Crippen LogP contribution < -0.4 is 10.5 Å². The molecule has 0 aliphatic rings. The van der Waals surface area contributed by atoms with Crippen molar-refractivity contribution in [2.75, 3.05) is 12.8 Å². The molecule has 7 heteroatoms. The maximum absolute atomic E-state index is 9.28. The van der Waals surface area contributed by atoms with E-state index in [0.717, 1.165) is 5.56 Å². The zero-order valence-corrected chi connectivity index (χ0v) is 13.4. The van der Waals surface area contributed by atoms with Crippen LogP contribution in [0.1, 0.15) is 18.2 Å². The van der Waals surface area contributed by atoms with Crippen LogP contribution in [0.2, 0.25) is 0 Å². The van der Waals surface area contributed by atoms with Crippen LogP contribution in [0.25, 0.3) is 17.2 Å². The second-order valence-corrected chi connectivity index (χ2v) is 5.04. The second-order valence-electron chi connectivity index (χ2n) is 5.04. The number of nitrogen functional groups attached to an aromatic ring is 1. The molecule has 0 spiro atoms. The van der Waals surface area contributed by atoms with Crippen molar-refractivity contribution in [2.24, 2.45) is 0 Å². The van der Waals surface area contributed by atoms with Gasteiger partial charge >= 0.3 is 0 Å². The number of aromatic nitrogens is 4. The molecule has 1 aromatic carbocycles. The van der Waals surface area contributed by atoms with Crippen molar-refractivity contribution in [3.8, 4) is 29.2 Å². The highest BCUT2D eigenvalue weighted by molar-refractivity contribution is 5.59. The Morgan fingerprint density at radius 3 is 2.58 bits per heavy atom. The largest absolute Gasteiger partial charge is 0.481 e. The van der Waals surface area contributed by atoms with E-state index in [1.807, 2.05) is 37.3 Å². The number of nitrogens with zero attached hydrogens (tertiary/aromatic N) is 5. The minimum Gasteiger partial charge on any atom is -0.481 e. The number of anilines is 1. The molecule has 0 radical (unpaired) electrons. The van der Waals surface area contributed by atoms with E-state index in [2.05, 4.69) is 21.1 Å². The van der Waals surface area contributed by atoms with E-state index >= 15 is 0 Å². The Bertz CT molecular complexity index is 911. The Balaban J connectivity index is 2.19. The van der Waals surface area contributed by atoms with Crippen LogP contribution >= 0.6 is 0 Å². The molecule has 0 saturated carbocycles. The minimum atomic E-state index is 0.258. The number of rotatable bonds is 4. The quantitative estimate of drug-likeness (QED) is 0.791. The first-order valence-corrected chi connectivity index (χ1v) is 7.44. The van der Waals surface area contributed by atoms with Crippen LogP contribution in [0.3, 0.4) is 0 Å². The number of aryl methyl sites for hydroxylation is 1. The molecule has 120 valence electrons. The summed E-state index contributed by atoms with van der Waals surface area (Å²) in [5.74, 6) is 1.60. The topological polar surface area (TPSA) is 103 Å². The van der Waals surface area contributed by atoms with E-state index in [1.165, 1.54) is 11.8 Å². The molecule has 2 heterocycles. The lowest BCUT2D eigenvalue weighted by atomic mass is 10.2. The molecule has 0 amide bonds. The summed E-state index contributed by atoms with van der Waals surface area (Å²) in [6.07, 6.45) is 0.605. The number of nitrogens with two attached hydrogens (primary N) is 1. The summed E-state index contributed by atoms with van der Waals surface area (Å²) in [4.78, 5) is 8.89. The van der Waals surface area contributed by atoms with E-state index in [1.54, 1.807) is 6.07 Å². The van der Waals surface area contributed by atoms with E-state index in [0.29, 0.717) is 35.2 Å². The zero-order valence-electron chi connectivity index (χ0n) is 13.4. The van der Waals surface area contributed by atoms with Gasteiger partial charge in [0.1, 0.15) is 17.5 Å². The summed E-state index contributed by atoms with van der Waals surface area (Å²) in [7, 11) is 1.53. The van der Waals surface area contributed by atoms with Gasteiger partial charge in [0, 0.05) is 11.6 Å². The van der Waals surface area contributed by atoms with Crippen molar-refractivity contribution in [1.82, 2.24) is 19.7 Å². The Labute approximate surface area is 139 Å². The number of ether oxygens (including phenoxy) is 1. The summed E-state index contributed by atoms with van der Waals surface area (Å²) in [6.45, 7) is 1.92. The van der Waals surface area contributed by atoms with Gasteiger partial charge in [0.05, 0.1) is 12.8 Å². The van der Waals surface area contributed by atoms with Gasteiger partial charge < -0.3 is 10.5 Å². The molecule has 0 atom stereocenters. The predicted molar refractivity (Wildman–Crippen MR) is 89.6 cm³/mol. The highest BCUT2D eigenvalue weighted by Gasteiger charge is 2.18. The fourth-order valence-corrected chi connectivity index (χ4v) is 2.36. The first-order valence-electron chi connectivity index (χ1n) is 7.44. The Morgan fingerprint density at radius 2 is 2.00 bits per heavy atom. The molecule has 7 nitrogen and oxygen atoms in total. The molecule has 24 heavy (non-hydrogen) atoms. The number of methoxy groups -OCH3 is 1. The second kappa shape index (κ2) is 6.38. The zero-order chi connectivity index (χ0) is 17.1. The molecule has 3 rings (SSSR count). The molecule has 0 aliphatic heterocycles. The van der Waals surface area contributed by atoms with Gasteiger partial charge in [-0.25, -0.2) is 4.98 Å². The third-order valence-corrected chi connectivity index (χ3v) is 3.59. The molecule has 2 aromatic heterocycles. The minimum absolute atomic E-state index is 0.258. The normalized spacial score (nSPS) is 10.4. The van der Waals surface area contributed by atoms with Crippen LogP contribution in [0.4, 0.5) is 5.82 Å². The van der Waals surface area contributed by atoms with E-state index in [4.69, 9.17) is 10.5 Å². The van der Waals surface area contributed by atoms with Gasteiger partial charge in [-0.1, -0.05) is 37.3 Å². The van der Waals surface area contributed by atoms with Gasteiger partial charge in [0.25, 0.3) is 0 Å². The fraction of sp³-hybridized carbons (Fsp3) is 0.176. The predicted octanol–water partition coefficient (Wildman–Crippen LogP) is 2.35. The smallest absolute Gasteiger partial charge is 0.218 e. The highest BCUT2D eigenvalue weighted by atomic mass is 16.5. The van der Waals surface area contributed by atoms with Gasteiger partial charge in [-0.05, 0) is 6.42 Å². The lowest BCUT2D eigenvalue weighted by Gasteiger charge is -2.08. The number of benzene rings is 1. The molecule has 3 aromatic rings. The number of hydrogen-bond donors (Lipinski definition) is 1. The van der Waals surface area contributed by atoms with Crippen molar-refractivity contribution in [1.29, 1.82) is 5.26 Å². The van der Waals surface area contributed by atoms with E-state index in [9.17, 15) is 5.26 Å². The molecular formula is C17H16N6O. The van der Waals surface area contributed by atoms with Crippen molar-refractivity contribution in [2.45, 2.75) is 13.3 Å². The van der Waals surface area contributed by atoms with Gasteiger partial charge in [0.2, 0.25) is 5.88 Å². The fourth-order valence-electron chi connectivity index (χ4n) is 2.36. The van der Waals surface area contributed by atoms with Gasteiger partial charge in [-0.2, -0.15) is 20.0 Å². The van der Waals surface area contributed by atoms with E-state index in [-0.39, 0.29) is 5.82 Å². The number of nitriles is 1. The lowest BCUT2D eigenvalue weighted by Crippen LogP contribution is -2.07. The van der Waals surface area contributed by atoms with Crippen LogP contribution in [0.5, 0.6) is 5.88 Å². The van der Waals surface area contributed by atoms with Gasteiger partial charge in [-0.15, -0.1) is 0 Å². The maximum Gasteiger partial charge on any atom is 0.218 e. The third-order valence-electron chi connectivity index (χ3n) is 3.59. The molecule has 2 N–H and O–H groups in total. The average molecular weight is 320 g/mol. The first kappa shape index (κ1) is 15.5. The Morgan fingerprint density at radius 1 is 1.25 bits per heavy atom. The van der Waals surface area contributed by atoms with E-state index < -0.39 is 0 Å². The van der Waals surface area contributed by atoms with Crippen molar-refractivity contribution < 1.29 is 4.74 Å². The monoisotopic (exact) mass is 320 g/mol. The molecule has 0 bridgehead atoms. The van der Waals surface area contributed by atoms with Crippen molar-refractivity contribution in [3.05, 3.63) is 47.7 Å². The molecule has 0 fully saturated rings. The Hall–Kier alpha value is -3.40. The van der Waals surface area contributed by atoms with Crippen LogP contribution in [-0.4, -0.2) is 26.9 Å². The highest BCUT2D eigenvalue weighted by Crippen LogP contribution is 2.24. The van der Waals surface area contributed by atoms with Gasteiger partial charge in [0.15, 0.2) is 11.6 Å². The van der Waals surface area contributed by atoms with Crippen LogP contribution in [-0.2, 0) is 6.42 Å². The SMILES string of the molecule is CCc1nn(-c2cc(OC)nc(-c3ccccc3)n2)c(N)c1C#N. The van der Waals surface area contributed by atoms with Gasteiger partial charge in [-0.3, -0.25) is 0 Å². The maximum atomic E-state index is 9.28. The summed E-state index contributed by atoms with van der Waals surface area (Å²) < 4.78 is 6.72. The summed E-state index contributed by atoms with van der Waals surface area (Å²) in [5.41, 5.74) is 7.93. The first-order chi connectivity index (χ1) is 11.7. The summed E-state index contributed by atoms with van der Waals surface area (Å²) >= 11 is 0. The molecule has 0 unspecified atom stereocenters. The molecule has 0 saturated heterocycles. The third kappa shape index (κ3) is 2.65. The Kier molecular flexibility index (Phi) is 4.12. The van der Waals surface area contributed by atoms with Crippen LogP contribution in [0.15, 0.2) is 36.4 Å². The average Bonchev–Trinajstić information content (AvgIpc) is 2.97. The summed E-state index contributed by atoms with van der Waals surface area (Å²) in [5, 5.41) is 13.7. The standard InChI is InChI=1S/C17H16N6O/c1-3-13-12(10-18)16(19)23(22-13)14-9-15(24-2)21-17(20-14)11-7-5-4-6-8-11/h4-9H,3,19H2,1-2H3. The molecule has 0 aliphatic carbocycles. The summed E-state index contributed by atoms with van der Waals surface area (Å²) in [6, 6.07) is 13.3.